The topological polar surface area (TPSA) is 49.5 Å². The highest BCUT2D eigenvalue weighted by Gasteiger charge is 2.31. The van der Waals surface area contributed by atoms with E-state index in [1.165, 1.54) is 24.8 Å². The van der Waals surface area contributed by atoms with Crippen molar-refractivity contribution in [3.8, 4) is 0 Å². The second kappa shape index (κ2) is 6.98. The van der Waals surface area contributed by atoms with Crippen molar-refractivity contribution < 1.29 is 5.11 Å². The number of rotatable bonds is 7. The highest BCUT2D eigenvalue weighted by Crippen LogP contribution is 2.33. The molecule has 1 atom stereocenters. The van der Waals surface area contributed by atoms with Crippen molar-refractivity contribution >= 4 is 17.2 Å². The van der Waals surface area contributed by atoms with Gasteiger partial charge in [0.25, 0.3) is 0 Å². The maximum atomic E-state index is 9.33. The minimum Gasteiger partial charge on any atom is -0.395 e. The number of hydrogen-bond donors (Lipinski definition) is 2. The van der Waals surface area contributed by atoms with Crippen LogP contribution in [0.15, 0.2) is 30.3 Å². The standard InChI is InChI=1S/C15H22N2OS/c16-15(19)11-14(12-5-2-1-3-6-12)17(9-10-18)13-7-4-8-13/h1-3,5-6,13-14,18H,4,7-11H2,(H2,16,19). The largest absolute Gasteiger partial charge is 0.395 e. The summed E-state index contributed by atoms with van der Waals surface area (Å²) in [7, 11) is 0. The number of benzene rings is 1. The Morgan fingerprint density at radius 3 is 2.53 bits per heavy atom. The summed E-state index contributed by atoms with van der Waals surface area (Å²) < 4.78 is 0. The third kappa shape index (κ3) is 3.75. The van der Waals surface area contributed by atoms with Gasteiger partial charge in [0.1, 0.15) is 0 Å². The van der Waals surface area contributed by atoms with E-state index >= 15 is 0 Å². The lowest BCUT2D eigenvalue weighted by Crippen LogP contribution is -2.45. The van der Waals surface area contributed by atoms with E-state index in [9.17, 15) is 5.11 Å². The molecule has 1 saturated carbocycles. The van der Waals surface area contributed by atoms with Crippen molar-refractivity contribution in [1.29, 1.82) is 0 Å². The molecule has 3 nitrogen and oxygen atoms in total. The van der Waals surface area contributed by atoms with E-state index in [4.69, 9.17) is 18.0 Å². The molecule has 1 aliphatic carbocycles. The van der Waals surface area contributed by atoms with Crippen molar-refractivity contribution in [2.45, 2.75) is 37.8 Å². The van der Waals surface area contributed by atoms with Crippen LogP contribution in [0, 0.1) is 0 Å². The fraction of sp³-hybridized carbons (Fsp3) is 0.533. The molecule has 4 heteroatoms. The van der Waals surface area contributed by atoms with Gasteiger partial charge in [-0.25, -0.2) is 0 Å². The second-order valence-electron chi connectivity index (χ2n) is 5.14. The predicted molar refractivity (Wildman–Crippen MR) is 82.0 cm³/mol. The normalized spacial score (nSPS) is 17.2. The van der Waals surface area contributed by atoms with Crippen LogP contribution in [0.4, 0.5) is 0 Å². The van der Waals surface area contributed by atoms with Crippen LogP contribution in [-0.2, 0) is 0 Å². The summed E-state index contributed by atoms with van der Waals surface area (Å²) in [6.45, 7) is 0.865. The summed E-state index contributed by atoms with van der Waals surface area (Å²) in [5, 5.41) is 9.33. The third-order valence-electron chi connectivity index (χ3n) is 3.88. The van der Waals surface area contributed by atoms with Crippen LogP contribution >= 0.6 is 12.2 Å². The van der Waals surface area contributed by atoms with Crippen LogP contribution in [0.3, 0.4) is 0 Å². The summed E-state index contributed by atoms with van der Waals surface area (Å²) in [5.74, 6) is 0. The average molecular weight is 278 g/mol. The molecule has 0 bridgehead atoms. The number of thiocarbonyl (C=S) groups is 1. The zero-order chi connectivity index (χ0) is 13.7. The second-order valence-corrected chi connectivity index (χ2v) is 5.67. The van der Waals surface area contributed by atoms with Crippen LogP contribution in [0.2, 0.25) is 0 Å². The van der Waals surface area contributed by atoms with Gasteiger partial charge in [0.2, 0.25) is 0 Å². The summed E-state index contributed by atoms with van der Waals surface area (Å²) in [6.07, 6.45) is 4.37. The van der Waals surface area contributed by atoms with Crippen LogP contribution in [0.5, 0.6) is 0 Å². The zero-order valence-electron chi connectivity index (χ0n) is 11.2. The van der Waals surface area contributed by atoms with Gasteiger partial charge >= 0.3 is 0 Å². The predicted octanol–water partition coefficient (Wildman–Crippen LogP) is 2.25. The molecule has 2 rings (SSSR count). The van der Waals surface area contributed by atoms with Gasteiger partial charge in [-0.1, -0.05) is 49.0 Å². The lowest BCUT2D eigenvalue weighted by Gasteiger charge is -2.42. The zero-order valence-corrected chi connectivity index (χ0v) is 12.0. The minimum atomic E-state index is 0.178. The molecule has 104 valence electrons. The number of aliphatic hydroxyl groups excluding tert-OH is 1. The number of hydrogen-bond acceptors (Lipinski definition) is 3. The van der Waals surface area contributed by atoms with Gasteiger partial charge in [-0.15, -0.1) is 0 Å². The van der Waals surface area contributed by atoms with Crippen LogP contribution in [0.25, 0.3) is 0 Å². The van der Waals surface area contributed by atoms with Gasteiger partial charge in [0, 0.05) is 25.0 Å². The van der Waals surface area contributed by atoms with Gasteiger partial charge < -0.3 is 10.8 Å². The highest BCUT2D eigenvalue weighted by atomic mass is 32.1. The number of nitrogens with zero attached hydrogens (tertiary/aromatic N) is 1. The molecule has 1 fully saturated rings. The number of nitrogens with two attached hydrogens (primary N) is 1. The first-order valence-corrected chi connectivity index (χ1v) is 7.33. The molecular weight excluding hydrogens is 256 g/mol. The molecule has 0 radical (unpaired) electrons. The fourth-order valence-electron chi connectivity index (χ4n) is 2.72. The van der Waals surface area contributed by atoms with Crippen molar-refractivity contribution in [3.05, 3.63) is 35.9 Å². The Morgan fingerprint density at radius 1 is 1.37 bits per heavy atom. The maximum absolute atomic E-state index is 9.33. The molecule has 1 aliphatic rings. The van der Waals surface area contributed by atoms with Crippen LogP contribution in [0.1, 0.15) is 37.3 Å². The van der Waals surface area contributed by atoms with E-state index in [1.54, 1.807) is 0 Å². The molecule has 0 amide bonds. The first-order chi connectivity index (χ1) is 9.22. The molecule has 0 heterocycles. The average Bonchev–Trinajstić information content (AvgIpc) is 2.34. The van der Waals surface area contributed by atoms with E-state index in [2.05, 4.69) is 17.0 Å². The highest BCUT2D eigenvalue weighted by molar-refractivity contribution is 7.80. The molecular formula is C15H22N2OS. The Morgan fingerprint density at radius 2 is 2.05 bits per heavy atom. The van der Waals surface area contributed by atoms with E-state index in [0.717, 1.165) is 0 Å². The van der Waals surface area contributed by atoms with Gasteiger partial charge in [-0.2, -0.15) is 0 Å². The number of aliphatic hydroxyl groups is 1. The molecule has 3 N–H and O–H groups in total. The van der Waals surface area contributed by atoms with Gasteiger partial charge in [-0.05, 0) is 18.4 Å². The molecule has 19 heavy (non-hydrogen) atoms. The maximum Gasteiger partial charge on any atom is 0.0746 e. The van der Waals surface area contributed by atoms with Crippen molar-refractivity contribution in [1.82, 2.24) is 4.90 Å². The first-order valence-electron chi connectivity index (χ1n) is 6.92. The summed E-state index contributed by atoms with van der Waals surface area (Å²) in [6, 6.07) is 11.1. The minimum absolute atomic E-state index is 0.178. The van der Waals surface area contributed by atoms with Gasteiger partial charge in [0.05, 0.1) is 11.6 Å². The van der Waals surface area contributed by atoms with Crippen molar-refractivity contribution in [3.63, 3.8) is 0 Å². The summed E-state index contributed by atoms with van der Waals surface area (Å²) in [5.41, 5.74) is 7.00. The molecule has 0 spiro atoms. The Bertz CT molecular complexity index is 406. The Balaban J connectivity index is 2.21. The van der Waals surface area contributed by atoms with Crippen molar-refractivity contribution in [2.24, 2.45) is 5.73 Å². The molecule has 0 saturated heterocycles. The van der Waals surface area contributed by atoms with E-state index in [1.807, 2.05) is 18.2 Å². The van der Waals surface area contributed by atoms with Crippen LogP contribution < -0.4 is 5.73 Å². The lowest BCUT2D eigenvalue weighted by atomic mass is 9.88. The fourth-order valence-corrected chi connectivity index (χ4v) is 2.88. The first kappa shape index (κ1) is 14.4. The lowest BCUT2D eigenvalue weighted by molar-refractivity contribution is 0.0618. The molecule has 1 unspecified atom stereocenters. The third-order valence-corrected chi connectivity index (χ3v) is 4.05. The van der Waals surface area contributed by atoms with Crippen LogP contribution in [-0.4, -0.2) is 34.2 Å². The SMILES string of the molecule is NC(=S)CC(c1ccccc1)N(CCO)C1CCC1. The van der Waals surface area contributed by atoms with E-state index in [-0.39, 0.29) is 12.6 Å². The summed E-state index contributed by atoms with van der Waals surface area (Å²) >= 11 is 5.10. The molecule has 1 aromatic carbocycles. The van der Waals surface area contributed by atoms with E-state index < -0.39 is 0 Å². The summed E-state index contributed by atoms with van der Waals surface area (Å²) in [4.78, 5) is 2.91. The van der Waals surface area contributed by atoms with Gasteiger partial charge in [-0.3, -0.25) is 4.90 Å². The Kier molecular flexibility index (Phi) is 5.31. The van der Waals surface area contributed by atoms with Crippen molar-refractivity contribution in [2.75, 3.05) is 13.2 Å². The van der Waals surface area contributed by atoms with E-state index in [0.29, 0.717) is 24.0 Å². The molecule has 0 aromatic heterocycles. The molecule has 0 aliphatic heterocycles. The smallest absolute Gasteiger partial charge is 0.0746 e. The quantitative estimate of drug-likeness (QED) is 0.751. The Hall–Kier alpha value is -0.970. The van der Waals surface area contributed by atoms with Gasteiger partial charge in [0.15, 0.2) is 0 Å². The monoisotopic (exact) mass is 278 g/mol. The molecule has 1 aromatic rings. The Labute approximate surface area is 120 Å².